The maximum atomic E-state index is 5.90. The Morgan fingerprint density at radius 3 is 2.82 bits per heavy atom. The predicted octanol–water partition coefficient (Wildman–Crippen LogP) is 2.48. The van der Waals surface area contributed by atoms with E-state index >= 15 is 0 Å². The van der Waals surface area contributed by atoms with E-state index in [1.54, 1.807) is 0 Å². The topological polar surface area (TPSA) is 64.9 Å². The van der Waals surface area contributed by atoms with Crippen LogP contribution >= 0.6 is 11.8 Å². The van der Waals surface area contributed by atoms with Crippen LogP contribution in [0.3, 0.4) is 0 Å². The molecule has 2 rings (SSSR count). The minimum atomic E-state index is -0.0271. The highest BCUT2D eigenvalue weighted by Crippen LogP contribution is 2.39. The molecule has 17 heavy (non-hydrogen) atoms. The van der Waals surface area contributed by atoms with Crippen molar-refractivity contribution in [1.29, 1.82) is 0 Å². The zero-order valence-corrected chi connectivity index (χ0v) is 11.3. The highest BCUT2D eigenvalue weighted by Gasteiger charge is 2.39. The lowest BCUT2D eigenvalue weighted by molar-refractivity contribution is 0.283. The number of thioether (sulfide) groups is 1. The van der Waals surface area contributed by atoms with Crippen LogP contribution in [0.25, 0.3) is 0 Å². The van der Waals surface area contributed by atoms with Crippen LogP contribution in [0.2, 0.25) is 0 Å². The van der Waals surface area contributed by atoms with Crippen molar-refractivity contribution in [3.05, 3.63) is 11.7 Å². The minimum absolute atomic E-state index is 0.0271. The summed E-state index contributed by atoms with van der Waals surface area (Å²) >= 11 is 1.85. The quantitative estimate of drug-likeness (QED) is 0.791. The first-order valence-corrected chi connectivity index (χ1v) is 7.57. The van der Waals surface area contributed by atoms with Gasteiger partial charge in [-0.3, -0.25) is 0 Å². The van der Waals surface area contributed by atoms with E-state index in [-0.39, 0.29) is 5.41 Å². The molecule has 1 saturated carbocycles. The third kappa shape index (κ3) is 2.83. The smallest absolute Gasteiger partial charge is 0.234 e. The Kier molecular flexibility index (Phi) is 4.45. The minimum Gasteiger partial charge on any atom is -0.339 e. The lowest BCUT2D eigenvalue weighted by Gasteiger charge is -2.21. The van der Waals surface area contributed by atoms with Crippen molar-refractivity contribution in [1.82, 2.24) is 10.1 Å². The van der Waals surface area contributed by atoms with Crippen LogP contribution in [-0.2, 0) is 11.2 Å². The number of nitrogens with two attached hydrogens (primary N) is 1. The van der Waals surface area contributed by atoms with Gasteiger partial charge >= 0.3 is 0 Å². The Balaban J connectivity index is 2.01. The molecule has 1 aromatic rings. The lowest BCUT2D eigenvalue weighted by atomic mass is 9.86. The van der Waals surface area contributed by atoms with Gasteiger partial charge in [-0.1, -0.05) is 24.9 Å². The van der Waals surface area contributed by atoms with E-state index < -0.39 is 0 Å². The molecule has 0 unspecified atom stereocenters. The van der Waals surface area contributed by atoms with Gasteiger partial charge in [0.15, 0.2) is 5.82 Å². The monoisotopic (exact) mass is 255 g/mol. The molecule has 0 amide bonds. The Morgan fingerprint density at radius 1 is 1.41 bits per heavy atom. The number of rotatable bonds is 6. The second-order valence-corrected chi connectivity index (χ2v) is 5.87. The molecule has 0 spiro atoms. The Hall–Kier alpha value is -0.550. The molecule has 4 nitrogen and oxygen atoms in total. The first-order valence-electron chi connectivity index (χ1n) is 6.41. The van der Waals surface area contributed by atoms with Gasteiger partial charge in [-0.2, -0.15) is 16.7 Å². The molecule has 1 heterocycles. The van der Waals surface area contributed by atoms with Gasteiger partial charge in [-0.25, -0.2) is 0 Å². The van der Waals surface area contributed by atoms with E-state index in [1.807, 2.05) is 11.8 Å². The van der Waals surface area contributed by atoms with Gasteiger partial charge in [0, 0.05) is 6.54 Å². The van der Waals surface area contributed by atoms with Crippen molar-refractivity contribution in [3.8, 4) is 0 Å². The van der Waals surface area contributed by atoms with Crippen molar-refractivity contribution < 1.29 is 4.52 Å². The predicted molar refractivity (Wildman–Crippen MR) is 70.0 cm³/mol. The fraction of sp³-hybridized carbons (Fsp3) is 0.833. The van der Waals surface area contributed by atoms with Gasteiger partial charge in [0.25, 0.3) is 0 Å². The van der Waals surface area contributed by atoms with E-state index in [1.165, 1.54) is 19.3 Å². The summed E-state index contributed by atoms with van der Waals surface area (Å²) in [5, 5.41) is 4.06. The van der Waals surface area contributed by atoms with E-state index in [0.29, 0.717) is 6.54 Å². The normalized spacial score (nSPS) is 18.7. The molecule has 0 aliphatic heterocycles. The lowest BCUT2D eigenvalue weighted by Crippen LogP contribution is -2.32. The zero-order valence-electron chi connectivity index (χ0n) is 10.4. The van der Waals surface area contributed by atoms with Crippen molar-refractivity contribution in [2.45, 2.75) is 50.2 Å². The second kappa shape index (κ2) is 5.87. The highest BCUT2D eigenvalue weighted by atomic mass is 32.2. The van der Waals surface area contributed by atoms with Gasteiger partial charge < -0.3 is 10.3 Å². The summed E-state index contributed by atoms with van der Waals surface area (Å²) in [6.45, 7) is 2.80. The molecule has 0 atom stereocenters. The average Bonchev–Trinajstić information content (AvgIpc) is 2.98. The van der Waals surface area contributed by atoms with E-state index in [4.69, 9.17) is 10.3 Å². The Bertz CT molecular complexity index is 347. The van der Waals surface area contributed by atoms with Crippen molar-refractivity contribution in [3.63, 3.8) is 0 Å². The summed E-state index contributed by atoms with van der Waals surface area (Å²) in [6, 6.07) is 0. The molecule has 1 aromatic heterocycles. The maximum absolute atomic E-state index is 5.90. The molecular formula is C12H21N3OS. The van der Waals surface area contributed by atoms with Crippen LogP contribution < -0.4 is 5.73 Å². The Morgan fingerprint density at radius 2 is 2.18 bits per heavy atom. The molecule has 2 N–H and O–H groups in total. The van der Waals surface area contributed by atoms with E-state index in [0.717, 1.165) is 36.1 Å². The summed E-state index contributed by atoms with van der Waals surface area (Å²) in [5.74, 6) is 3.58. The third-order valence-corrected chi connectivity index (χ3v) is 4.61. The van der Waals surface area contributed by atoms with Crippen molar-refractivity contribution in [2.75, 3.05) is 12.3 Å². The van der Waals surface area contributed by atoms with Gasteiger partial charge in [0.05, 0.1) is 11.2 Å². The summed E-state index contributed by atoms with van der Waals surface area (Å²) < 4.78 is 5.42. The third-order valence-electron chi connectivity index (χ3n) is 3.45. The van der Waals surface area contributed by atoms with E-state index in [9.17, 15) is 0 Å². The standard InChI is InChI=1S/C12H21N3OS/c1-2-7-17-8-10-14-11(16-15-10)12(9-13)5-3-4-6-12/h2-9,13H2,1H3. The van der Waals surface area contributed by atoms with Crippen LogP contribution in [0, 0.1) is 0 Å². The number of hydrogen-bond acceptors (Lipinski definition) is 5. The van der Waals surface area contributed by atoms with Gasteiger partial charge in [0.1, 0.15) is 0 Å². The molecule has 96 valence electrons. The van der Waals surface area contributed by atoms with Crippen LogP contribution in [0.4, 0.5) is 0 Å². The van der Waals surface area contributed by atoms with Crippen LogP contribution in [0.5, 0.6) is 0 Å². The van der Waals surface area contributed by atoms with Crippen LogP contribution in [0.1, 0.15) is 50.7 Å². The summed E-state index contributed by atoms with van der Waals surface area (Å²) in [4.78, 5) is 4.53. The molecule has 1 aliphatic carbocycles. The van der Waals surface area contributed by atoms with E-state index in [2.05, 4.69) is 17.1 Å². The van der Waals surface area contributed by atoms with Gasteiger partial charge in [-0.15, -0.1) is 0 Å². The molecule has 1 aliphatic rings. The van der Waals surface area contributed by atoms with Gasteiger partial charge in [-0.05, 0) is 25.0 Å². The first kappa shape index (κ1) is 12.9. The number of hydrogen-bond donors (Lipinski definition) is 1. The zero-order chi connectivity index (χ0) is 12.1. The summed E-state index contributed by atoms with van der Waals surface area (Å²) in [5.41, 5.74) is 5.87. The molecule has 0 radical (unpaired) electrons. The van der Waals surface area contributed by atoms with Gasteiger partial charge in [0.2, 0.25) is 5.89 Å². The fourth-order valence-corrected chi connectivity index (χ4v) is 3.13. The Labute approximate surface area is 107 Å². The number of aromatic nitrogens is 2. The first-order chi connectivity index (χ1) is 8.30. The average molecular weight is 255 g/mol. The van der Waals surface area contributed by atoms with Crippen LogP contribution in [0.15, 0.2) is 4.52 Å². The fourth-order valence-electron chi connectivity index (χ4n) is 2.39. The van der Waals surface area contributed by atoms with Crippen molar-refractivity contribution in [2.24, 2.45) is 5.73 Å². The molecular weight excluding hydrogens is 234 g/mol. The molecule has 0 aromatic carbocycles. The van der Waals surface area contributed by atoms with Crippen LogP contribution in [-0.4, -0.2) is 22.4 Å². The summed E-state index contributed by atoms with van der Waals surface area (Å²) in [7, 11) is 0. The molecule has 1 fully saturated rings. The maximum Gasteiger partial charge on any atom is 0.234 e. The molecule has 0 bridgehead atoms. The molecule has 0 saturated heterocycles. The van der Waals surface area contributed by atoms with Crippen molar-refractivity contribution >= 4 is 11.8 Å². The second-order valence-electron chi connectivity index (χ2n) is 4.76. The SMILES string of the molecule is CCCSCc1noc(C2(CN)CCCC2)n1. The summed E-state index contributed by atoms with van der Waals surface area (Å²) in [6.07, 6.45) is 5.81. The largest absolute Gasteiger partial charge is 0.339 e. The molecule has 5 heteroatoms. The highest BCUT2D eigenvalue weighted by molar-refractivity contribution is 7.98. The number of nitrogens with zero attached hydrogens (tertiary/aromatic N) is 2.